The number of carbonyl (C=O) groups excluding carboxylic acids is 1. The second kappa shape index (κ2) is 8.27. The number of aromatic nitrogens is 2. The summed E-state index contributed by atoms with van der Waals surface area (Å²) in [6, 6.07) is 2.17. The van der Waals surface area contributed by atoms with Crippen LogP contribution in [-0.4, -0.2) is 47.0 Å². The zero-order valence-corrected chi connectivity index (χ0v) is 15.0. The van der Waals surface area contributed by atoms with Crippen molar-refractivity contribution in [2.24, 2.45) is 0 Å². The SMILES string of the molecule is CCCCN(C)c1nc(C)cc(C(=O)N2CCCCC2CC)n1. The quantitative estimate of drug-likeness (QED) is 0.806. The number of piperidine rings is 1. The average molecular weight is 318 g/mol. The molecule has 2 heterocycles. The Kier molecular flexibility index (Phi) is 6.37. The molecule has 1 aliphatic rings. The van der Waals surface area contributed by atoms with E-state index in [1.54, 1.807) is 0 Å². The molecule has 1 saturated heterocycles. The number of rotatable bonds is 6. The number of unbranched alkanes of at least 4 members (excludes halogenated alkanes) is 1. The molecule has 5 nitrogen and oxygen atoms in total. The van der Waals surface area contributed by atoms with Crippen LogP contribution in [0.15, 0.2) is 6.07 Å². The summed E-state index contributed by atoms with van der Waals surface area (Å²) in [5.41, 5.74) is 1.39. The first-order valence-electron chi connectivity index (χ1n) is 8.94. The fourth-order valence-electron chi connectivity index (χ4n) is 3.17. The van der Waals surface area contributed by atoms with E-state index in [1.165, 1.54) is 6.42 Å². The fourth-order valence-corrected chi connectivity index (χ4v) is 3.17. The summed E-state index contributed by atoms with van der Waals surface area (Å²) in [5.74, 6) is 0.721. The number of hydrogen-bond donors (Lipinski definition) is 0. The third-order valence-corrected chi connectivity index (χ3v) is 4.61. The highest BCUT2D eigenvalue weighted by Gasteiger charge is 2.27. The molecule has 0 aromatic carbocycles. The highest BCUT2D eigenvalue weighted by molar-refractivity contribution is 5.93. The first kappa shape index (κ1) is 17.7. The lowest BCUT2D eigenvalue weighted by molar-refractivity contribution is 0.0601. The second-order valence-corrected chi connectivity index (χ2v) is 6.53. The van der Waals surface area contributed by atoms with Gasteiger partial charge in [-0.15, -0.1) is 0 Å². The molecular formula is C18H30N4O. The number of likely N-dealkylation sites (tertiary alicyclic amines) is 1. The van der Waals surface area contributed by atoms with Crippen LogP contribution in [0.3, 0.4) is 0 Å². The maximum absolute atomic E-state index is 12.9. The van der Waals surface area contributed by atoms with E-state index in [4.69, 9.17) is 0 Å². The zero-order chi connectivity index (χ0) is 16.8. The Hall–Kier alpha value is -1.65. The van der Waals surface area contributed by atoms with Crippen molar-refractivity contribution in [2.75, 3.05) is 25.0 Å². The van der Waals surface area contributed by atoms with E-state index in [2.05, 4.69) is 23.8 Å². The molecule has 1 atom stereocenters. The van der Waals surface area contributed by atoms with Crippen LogP contribution in [0.2, 0.25) is 0 Å². The minimum atomic E-state index is 0.0622. The molecule has 0 aliphatic carbocycles. The van der Waals surface area contributed by atoms with Gasteiger partial charge in [-0.05, 0) is 45.1 Å². The van der Waals surface area contributed by atoms with Crippen molar-refractivity contribution in [1.29, 1.82) is 0 Å². The van der Waals surface area contributed by atoms with E-state index in [0.29, 0.717) is 17.7 Å². The molecule has 1 unspecified atom stereocenters. The van der Waals surface area contributed by atoms with E-state index < -0.39 is 0 Å². The molecule has 23 heavy (non-hydrogen) atoms. The lowest BCUT2D eigenvalue weighted by Crippen LogP contribution is -2.43. The van der Waals surface area contributed by atoms with Crippen LogP contribution < -0.4 is 4.90 Å². The Morgan fingerprint density at radius 2 is 2.13 bits per heavy atom. The van der Waals surface area contributed by atoms with Gasteiger partial charge in [0.1, 0.15) is 5.69 Å². The van der Waals surface area contributed by atoms with Gasteiger partial charge >= 0.3 is 0 Å². The lowest BCUT2D eigenvalue weighted by Gasteiger charge is -2.35. The van der Waals surface area contributed by atoms with Crippen LogP contribution >= 0.6 is 0 Å². The summed E-state index contributed by atoms with van der Waals surface area (Å²) in [6.07, 6.45) is 6.66. The van der Waals surface area contributed by atoms with Gasteiger partial charge in [0.05, 0.1) is 0 Å². The smallest absolute Gasteiger partial charge is 0.272 e. The van der Waals surface area contributed by atoms with Gasteiger partial charge in [-0.1, -0.05) is 20.3 Å². The molecule has 1 amide bonds. The lowest BCUT2D eigenvalue weighted by atomic mass is 9.99. The maximum Gasteiger partial charge on any atom is 0.272 e. The number of hydrogen-bond acceptors (Lipinski definition) is 4. The molecule has 0 radical (unpaired) electrons. The number of nitrogens with zero attached hydrogens (tertiary/aromatic N) is 4. The van der Waals surface area contributed by atoms with Crippen LogP contribution in [0.1, 0.15) is 68.6 Å². The molecule has 2 rings (SSSR count). The van der Waals surface area contributed by atoms with E-state index in [1.807, 2.05) is 29.8 Å². The minimum absolute atomic E-state index is 0.0622. The first-order valence-corrected chi connectivity index (χ1v) is 8.94. The Morgan fingerprint density at radius 1 is 1.35 bits per heavy atom. The van der Waals surface area contributed by atoms with Gasteiger partial charge in [0.25, 0.3) is 5.91 Å². The van der Waals surface area contributed by atoms with E-state index in [0.717, 1.165) is 50.9 Å². The van der Waals surface area contributed by atoms with E-state index in [-0.39, 0.29) is 5.91 Å². The molecule has 0 N–H and O–H groups in total. The van der Waals surface area contributed by atoms with Gasteiger partial charge in [-0.2, -0.15) is 0 Å². The monoisotopic (exact) mass is 318 g/mol. The molecule has 5 heteroatoms. The van der Waals surface area contributed by atoms with Crippen LogP contribution in [-0.2, 0) is 0 Å². The second-order valence-electron chi connectivity index (χ2n) is 6.53. The molecule has 0 spiro atoms. The van der Waals surface area contributed by atoms with Crippen molar-refractivity contribution in [3.63, 3.8) is 0 Å². The van der Waals surface area contributed by atoms with Crippen molar-refractivity contribution in [3.05, 3.63) is 17.5 Å². The van der Waals surface area contributed by atoms with Crippen molar-refractivity contribution in [3.8, 4) is 0 Å². The first-order chi connectivity index (χ1) is 11.1. The molecule has 1 fully saturated rings. The van der Waals surface area contributed by atoms with Crippen LogP contribution in [0.5, 0.6) is 0 Å². The van der Waals surface area contributed by atoms with Crippen molar-refractivity contribution in [1.82, 2.24) is 14.9 Å². The Labute approximate surface area is 140 Å². The number of amides is 1. The predicted octanol–water partition coefficient (Wildman–Crippen LogP) is 3.43. The predicted molar refractivity (Wildman–Crippen MR) is 93.9 cm³/mol. The number of aryl methyl sites for hydroxylation is 1. The Morgan fingerprint density at radius 3 is 2.83 bits per heavy atom. The Balaban J connectivity index is 2.21. The van der Waals surface area contributed by atoms with Gasteiger partial charge in [0.15, 0.2) is 0 Å². The summed E-state index contributed by atoms with van der Waals surface area (Å²) in [5, 5.41) is 0. The average Bonchev–Trinajstić information content (AvgIpc) is 2.58. The van der Waals surface area contributed by atoms with Crippen molar-refractivity contribution >= 4 is 11.9 Å². The number of anilines is 1. The summed E-state index contributed by atoms with van der Waals surface area (Å²) in [7, 11) is 1.99. The minimum Gasteiger partial charge on any atom is -0.344 e. The van der Waals surface area contributed by atoms with Crippen molar-refractivity contribution in [2.45, 2.75) is 65.3 Å². The summed E-state index contributed by atoms with van der Waals surface area (Å²) < 4.78 is 0. The summed E-state index contributed by atoms with van der Waals surface area (Å²) in [6.45, 7) is 8.02. The summed E-state index contributed by atoms with van der Waals surface area (Å²) >= 11 is 0. The van der Waals surface area contributed by atoms with E-state index in [9.17, 15) is 4.79 Å². The largest absolute Gasteiger partial charge is 0.344 e. The van der Waals surface area contributed by atoms with Crippen molar-refractivity contribution < 1.29 is 4.79 Å². The maximum atomic E-state index is 12.9. The Bertz CT molecular complexity index is 532. The zero-order valence-electron chi connectivity index (χ0n) is 15.0. The van der Waals surface area contributed by atoms with Crippen LogP contribution in [0.4, 0.5) is 5.95 Å². The molecule has 0 saturated carbocycles. The van der Waals surface area contributed by atoms with Crippen LogP contribution in [0.25, 0.3) is 0 Å². The topological polar surface area (TPSA) is 49.3 Å². The highest BCUT2D eigenvalue weighted by Crippen LogP contribution is 2.22. The number of carbonyl (C=O) groups is 1. The normalized spacial score (nSPS) is 18.1. The third-order valence-electron chi connectivity index (χ3n) is 4.61. The van der Waals surface area contributed by atoms with E-state index >= 15 is 0 Å². The standard InChI is InChI=1S/C18H30N4O/c1-5-7-11-21(4)18-19-14(3)13-16(20-18)17(23)22-12-9-8-10-15(22)6-2/h13,15H,5-12H2,1-4H3. The highest BCUT2D eigenvalue weighted by atomic mass is 16.2. The van der Waals surface area contributed by atoms with Gasteiger partial charge in [-0.3, -0.25) is 4.79 Å². The van der Waals surface area contributed by atoms with Gasteiger partial charge in [0, 0.05) is 31.9 Å². The molecule has 1 aliphatic heterocycles. The van der Waals surface area contributed by atoms with Gasteiger partial charge < -0.3 is 9.80 Å². The van der Waals surface area contributed by atoms with Gasteiger partial charge in [-0.25, -0.2) is 9.97 Å². The third kappa shape index (κ3) is 4.43. The molecular weight excluding hydrogens is 288 g/mol. The fraction of sp³-hybridized carbons (Fsp3) is 0.722. The van der Waals surface area contributed by atoms with Gasteiger partial charge in [0.2, 0.25) is 5.95 Å². The molecule has 1 aromatic heterocycles. The molecule has 0 bridgehead atoms. The molecule has 1 aromatic rings. The molecule has 128 valence electrons. The summed E-state index contributed by atoms with van der Waals surface area (Å²) in [4.78, 5) is 26.0. The van der Waals surface area contributed by atoms with Crippen LogP contribution in [0, 0.1) is 6.92 Å².